The van der Waals surface area contributed by atoms with E-state index in [1.165, 1.54) is 12.1 Å². The molecule has 1 fully saturated rings. The average molecular weight is 340 g/mol. The number of benzene rings is 2. The molecule has 0 saturated carbocycles. The van der Waals surface area contributed by atoms with E-state index in [0.29, 0.717) is 31.5 Å². The first-order chi connectivity index (χ1) is 12.1. The lowest BCUT2D eigenvalue weighted by molar-refractivity contribution is -0.143. The van der Waals surface area contributed by atoms with Crippen molar-refractivity contribution in [1.29, 1.82) is 0 Å². The summed E-state index contributed by atoms with van der Waals surface area (Å²) in [6, 6.07) is 15.4. The highest BCUT2D eigenvalue weighted by Crippen LogP contribution is 2.37. The van der Waals surface area contributed by atoms with Gasteiger partial charge in [0, 0.05) is 19.3 Å². The van der Waals surface area contributed by atoms with Crippen LogP contribution < -0.4 is 10.2 Å². The summed E-state index contributed by atoms with van der Waals surface area (Å²) in [5.41, 5.74) is 0.427. The van der Waals surface area contributed by atoms with Crippen molar-refractivity contribution in [2.24, 2.45) is 5.41 Å². The number of hydrogen-bond acceptors (Lipinski definition) is 2. The molecular formula is C20H21FN2O2. The molecule has 1 heterocycles. The van der Waals surface area contributed by atoms with E-state index in [2.05, 4.69) is 5.32 Å². The number of rotatable bonds is 4. The second-order valence-corrected chi connectivity index (χ2v) is 6.36. The molecule has 0 spiro atoms. The van der Waals surface area contributed by atoms with Gasteiger partial charge in [-0.05, 0) is 49.1 Å². The van der Waals surface area contributed by atoms with Crippen LogP contribution in [0.2, 0.25) is 0 Å². The lowest BCUT2D eigenvalue weighted by Crippen LogP contribution is -2.57. The van der Waals surface area contributed by atoms with Gasteiger partial charge in [-0.2, -0.15) is 0 Å². The summed E-state index contributed by atoms with van der Waals surface area (Å²) in [7, 11) is 1.55. The van der Waals surface area contributed by atoms with E-state index in [9.17, 15) is 14.0 Å². The van der Waals surface area contributed by atoms with Crippen molar-refractivity contribution in [3.8, 4) is 0 Å². The van der Waals surface area contributed by atoms with E-state index in [-0.39, 0.29) is 17.6 Å². The minimum absolute atomic E-state index is 0.228. The van der Waals surface area contributed by atoms with Crippen molar-refractivity contribution in [3.63, 3.8) is 0 Å². The predicted molar refractivity (Wildman–Crippen MR) is 94.6 cm³/mol. The van der Waals surface area contributed by atoms with Gasteiger partial charge in [0.15, 0.2) is 0 Å². The van der Waals surface area contributed by atoms with E-state index in [1.807, 2.05) is 30.3 Å². The number of nitrogens with zero attached hydrogens (tertiary/aromatic N) is 1. The van der Waals surface area contributed by atoms with E-state index >= 15 is 0 Å². The molecule has 1 aliphatic heterocycles. The van der Waals surface area contributed by atoms with E-state index in [4.69, 9.17) is 0 Å². The van der Waals surface area contributed by atoms with Gasteiger partial charge in [0.2, 0.25) is 11.8 Å². The fraction of sp³-hybridized carbons (Fsp3) is 0.300. The summed E-state index contributed by atoms with van der Waals surface area (Å²) < 4.78 is 13.2. The van der Waals surface area contributed by atoms with Gasteiger partial charge in [-0.25, -0.2) is 4.39 Å². The van der Waals surface area contributed by atoms with Gasteiger partial charge in [0.25, 0.3) is 0 Å². The summed E-state index contributed by atoms with van der Waals surface area (Å²) in [6.07, 6.45) is 1.56. The van der Waals surface area contributed by atoms with Crippen molar-refractivity contribution >= 4 is 17.5 Å². The van der Waals surface area contributed by atoms with Crippen LogP contribution in [0.3, 0.4) is 0 Å². The summed E-state index contributed by atoms with van der Waals surface area (Å²) in [6.45, 7) is 0.526. The van der Waals surface area contributed by atoms with E-state index in [1.54, 1.807) is 24.1 Å². The normalized spacial score (nSPS) is 20.4. The number of amides is 2. The number of piperidine rings is 1. The number of carbonyl (C=O) groups excluding carboxylic acids is 2. The van der Waals surface area contributed by atoms with E-state index < -0.39 is 5.41 Å². The topological polar surface area (TPSA) is 49.4 Å². The Morgan fingerprint density at radius 1 is 1.16 bits per heavy atom. The smallest absolute Gasteiger partial charge is 0.243 e. The summed E-state index contributed by atoms with van der Waals surface area (Å²) in [4.78, 5) is 27.6. The van der Waals surface area contributed by atoms with Crippen molar-refractivity contribution in [2.75, 3.05) is 18.5 Å². The number of hydrogen-bond donors (Lipinski definition) is 1. The molecule has 0 radical (unpaired) electrons. The molecule has 1 aliphatic rings. The molecule has 0 aromatic heterocycles. The molecule has 0 unspecified atom stereocenters. The van der Waals surface area contributed by atoms with Gasteiger partial charge >= 0.3 is 0 Å². The van der Waals surface area contributed by atoms with Crippen molar-refractivity contribution in [2.45, 2.75) is 19.3 Å². The van der Waals surface area contributed by atoms with Gasteiger partial charge in [0.1, 0.15) is 11.2 Å². The predicted octanol–water partition coefficient (Wildman–Crippen LogP) is 2.93. The van der Waals surface area contributed by atoms with Gasteiger partial charge in [0.05, 0.1) is 0 Å². The maximum atomic E-state index is 13.3. The Labute approximate surface area is 146 Å². The SMILES string of the molecule is CNC(=O)[C@]1(Cc2ccccc2)CCCN(c2ccc(F)cc2)C1=O. The molecule has 2 amide bonds. The number of nitrogens with one attached hydrogen (secondary N) is 1. The Bertz CT molecular complexity index is 761. The van der Waals surface area contributed by atoms with Crippen molar-refractivity contribution in [1.82, 2.24) is 5.32 Å². The Morgan fingerprint density at radius 2 is 1.84 bits per heavy atom. The third-order valence-electron chi connectivity index (χ3n) is 4.79. The average Bonchev–Trinajstić information content (AvgIpc) is 2.64. The molecule has 0 bridgehead atoms. The lowest BCUT2D eigenvalue weighted by Gasteiger charge is -2.40. The molecule has 130 valence electrons. The molecule has 4 nitrogen and oxygen atoms in total. The lowest BCUT2D eigenvalue weighted by atomic mass is 9.73. The fourth-order valence-electron chi connectivity index (χ4n) is 3.51. The zero-order chi connectivity index (χ0) is 17.9. The maximum absolute atomic E-state index is 13.3. The Kier molecular flexibility index (Phi) is 4.83. The number of carbonyl (C=O) groups is 2. The Balaban J connectivity index is 1.97. The first-order valence-electron chi connectivity index (χ1n) is 8.40. The Morgan fingerprint density at radius 3 is 2.48 bits per heavy atom. The van der Waals surface area contributed by atoms with Crippen LogP contribution in [0.4, 0.5) is 10.1 Å². The Hall–Kier alpha value is -2.69. The van der Waals surface area contributed by atoms with Crippen molar-refractivity contribution in [3.05, 3.63) is 66.0 Å². The monoisotopic (exact) mass is 340 g/mol. The highest BCUT2D eigenvalue weighted by Gasteiger charge is 2.49. The summed E-state index contributed by atoms with van der Waals surface area (Å²) in [5.74, 6) is -0.850. The highest BCUT2D eigenvalue weighted by molar-refractivity contribution is 6.12. The van der Waals surface area contributed by atoms with Crippen LogP contribution in [0.15, 0.2) is 54.6 Å². The molecule has 25 heavy (non-hydrogen) atoms. The van der Waals surface area contributed by atoms with Crippen LogP contribution in [0.25, 0.3) is 0 Å². The molecule has 1 atom stereocenters. The molecule has 2 aromatic rings. The van der Waals surface area contributed by atoms with Crippen LogP contribution in [-0.2, 0) is 16.0 Å². The van der Waals surface area contributed by atoms with Crippen LogP contribution in [0, 0.1) is 11.2 Å². The first-order valence-corrected chi connectivity index (χ1v) is 8.40. The molecule has 2 aromatic carbocycles. The maximum Gasteiger partial charge on any atom is 0.243 e. The second kappa shape index (κ2) is 7.05. The minimum Gasteiger partial charge on any atom is -0.358 e. The molecule has 5 heteroatoms. The van der Waals surface area contributed by atoms with Gasteiger partial charge < -0.3 is 10.2 Å². The van der Waals surface area contributed by atoms with Gasteiger partial charge in [-0.15, -0.1) is 0 Å². The molecular weight excluding hydrogens is 319 g/mol. The number of halogens is 1. The highest BCUT2D eigenvalue weighted by atomic mass is 19.1. The molecule has 0 aliphatic carbocycles. The van der Waals surface area contributed by atoms with Crippen molar-refractivity contribution < 1.29 is 14.0 Å². The third kappa shape index (κ3) is 3.27. The molecule has 1 saturated heterocycles. The molecule has 3 rings (SSSR count). The molecule has 1 N–H and O–H groups in total. The third-order valence-corrected chi connectivity index (χ3v) is 4.79. The quantitative estimate of drug-likeness (QED) is 0.870. The standard InChI is InChI=1S/C20H21FN2O2/c1-22-18(24)20(14-15-6-3-2-4-7-15)12-5-13-23(19(20)25)17-10-8-16(21)9-11-17/h2-4,6-11H,5,12-14H2,1H3,(H,22,24)/t20-/m1/s1. The van der Waals surface area contributed by atoms with Gasteiger partial charge in [-0.3, -0.25) is 9.59 Å². The van der Waals surface area contributed by atoms with E-state index in [0.717, 1.165) is 5.56 Å². The van der Waals surface area contributed by atoms with Crippen LogP contribution in [-0.4, -0.2) is 25.4 Å². The largest absolute Gasteiger partial charge is 0.358 e. The first kappa shape index (κ1) is 17.1. The van der Waals surface area contributed by atoms with Crippen LogP contribution in [0.5, 0.6) is 0 Å². The minimum atomic E-state index is -1.14. The fourth-order valence-corrected chi connectivity index (χ4v) is 3.51. The summed E-state index contributed by atoms with van der Waals surface area (Å²) >= 11 is 0. The van der Waals surface area contributed by atoms with Gasteiger partial charge in [-0.1, -0.05) is 30.3 Å². The number of anilines is 1. The van der Waals surface area contributed by atoms with Crippen LogP contribution in [0.1, 0.15) is 18.4 Å². The van der Waals surface area contributed by atoms with Crippen LogP contribution >= 0.6 is 0 Å². The summed E-state index contributed by atoms with van der Waals surface area (Å²) in [5, 5.41) is 2.66. The zero-order valence-electron chi connectivity index (χ0n) is 14.2. The second-order valence-electron chi connectivity index (χ2n) is 6.36. The zero-order valence-corrected chi connectivity index (χ0v) is 14.2.